The van der Waals surface area contributed by atoms with Gasteiger partial charge in [0.1, 0.15) is 0 Å². The molecule has 2 nitrogen and oxygen atoms in total. The fraction of sp³-hybridized carbons (Fsp3) is 0.417. The number of carbonyl (C=O) groups is 1. The Labute approximate surface area is 95.5 Å². The average molecular weight is 223 g/mol. The quantitative estimate of drug-likeness (QED) is 0.795. The Morgan fingerprint density at radius 1 is 1.40 bits per heavy atom. The molecule has 0 heterocycles. The third-order valence-corrected chi connectivity index (χ3v) is 2.89. The zero-order valence-corrected chi connectivity index (χ0v) is 10.2. The molecule has 1 rings (SSSR count). The summed E-state index contributed by atoms with van der Waals surface area (Å²) in [6.07, 6.45) is 2.95. The second-order valence-electron chi connectivity index (χ2n) is 3.65. The van der Waals surface area contributed by atoms with E-state index in [-0.39, 0.29) is 11.9 Å². The van der Waals surface area contributed by atoms with Gasteiger partial charge < -0.3 is 5.32 Å². The summed E-state index contributed by atoms with van der Waals surface area (Å²) in [4.78, 5) is 12.1. The molecule has 0 aliphatic carbocycles. The summed E-state index contributed by atoms with van der Waals surface area (Å²) in [6.45, 7) is 3.57. The molecule has 1 N–H and O–H groups in total. The Morgan fingerprint density at radius 3 is 2.47 bits per heavy atom. The van der Waals surface area contributed by atoms with Crippen LogP contribution in [-0.4, -0.2) is 18.2 Å². The molecule has 1 aromatic carbocycles. The molecule has 3 heteroatoms. The lowest BCUT2D eigenvalue weighted by atomic mass is 10.1. The molecule has 0 radical (unpaired) electrons. The Hall–Kier alpha value is -0.960. The van der Waals surface area contributed by atoms with Crippen LogP contribution in [0, 0.1) is 0 Å². The zero-order valence-electron chi connectivity index (χ0n) is 9.41. The van der Waals surface area contributed by atoms with Crippen LogP contribution in [-0.2, 0) is 11.2 Å². The van der Waals surface area contributed by atoms with Crippen LogP contribution in [0.15, 0.2) is 29.2 Å². The van der Waals surface area contributed by atoms with Gasteiger partial charge in [-0.05, 0) is 37.3 Å². The van der Waals surface area contributed by atoms with Crippen LogP contribution in [0.1, 0.15) is 19.4 Å². The van der Waals surface area contributed by atoms with E-state index in [1.165, 1.54) is 10.5 Å². The van der Waals surface area contributed by atoms with Gasteiger partial charge in [0, 0.05) is 17.9 Å². The van der Waals surface area contributed by atoms with E-state index in [0.717, 1.165) is 6.42 Å². The molecule has 15 heavy (non-hydrogen) atoms. The molecule has 1 atom stereocenters. The predicted molar refractivity (Wildman–Crippen MR) is 65.2 cm³/mol. The molecule has 0 saturated heterocycles. The first kappa shape index (κ1) is 12.1. The topological polar surface area (TPSA) is 29.1 Å². The normalized spacial score (nSPS) is 12.2. The number of hydrogen-bond acceptors (Lipinski definition) is 2. The second-order valence-corrected chi connectivity index (χ2v) is 4.53. The van der Waals surface area contributed by atoms with E-state index in [1.54, 1.807) is 18.7 Å². The summed E-state index contributed by atoms with van der Waals surface area (Å²) >= 11 is 1.74. The first-order chi connectivity index (χ1) is 7.11. The van der Waals surface area contributed by atoms with Crippen LogP contribution in [0.4, 0.5) is 0 Å². The molecule has 1 unspecified atom stereocenters. The van der Waals surface area contributed by atoms with Crippen LogP contribution in [0.3, 0.4) is 0 Å². The van der Waals surface area contributed by atoms with Crippen molar-refractivity contribution >= 4 is 17.7 Å². The van der Waals surface area contributed by atoms with Crippen LogP contribution in [0.5, 0.6) is 0 Å². The summed E-state index contributed by atoms with van der Waals surface area (Å²) in [5, 5.41) is 2.88. The van der Waals surface area contributed by atoms with Gasteiger partial charge in [-0.15, -0.1) is 11.8 Å². The van der Waals surface area contributed by atoms with Gasteiger partial charge in [0.25, 0.3) is 0 Å². The van der Waals surface area contributed by atoms with Crippen molar-refractivity contribution in [3.8, 4) is 0 Å². The minimum absolute atomic E-state index is 0.0308. The maximum absolute atomic E-state index is 10.8. The van der Waals surface area contributed by atoms with Gasteiger partial charge in [-0.25, -0.2) is 0 Å². The van der Waals surface area contributed by atoms with E-state index >= 15 is 0 Å². The fourth-order valence-electron chi connectivity index (χ4n) is 1.51. The standard InChI is InChI=1S/C12H17NOS/c1-9(13-10(2)14)8-11-4-6-12(15-3)7-5-11/h4-7,9H,8H2,1-3H3,(H,13,14). The molecule has 1 aromatic rings. The van der Waals surface area contributed by atoms with Crippen molar-refractivity contribution in [1.29, 1.82) is 0 Å². The molecule has 0 bridgehead atoms. The van der Waals surface area contributed by atoms with Gasteiger partial charge in [0.05, 0.1) is 0 Å². The molecule has 82 valence electrons. The maximum atomic E-state index is 10.8. The summed E-state index contributed by atoms with van der Waals surface area (Å²) in [6, 6.07) is 8.65. The van der Waals surface area contributed by atoms with Crippen molar-refractivity contribution in [2.75, 3.05) is 6.26 Å². The molecule has 0 aliphatic heterocycles. The number of carbonyl (C=O) groups excluding carboxylic acids is 1. The largest absolute Gasteiger partial charge is 0.354 e. The van der Waals surface area contributed by atoms with Gasteiger partial charge in [-0.3, -0.25) is 4.79 Å². The Balaban J connectivity index is 2.53. The third-order valence-electron chi connectivity index (χ3n) is 2.15. The number of amides is 1. The van der Waals surface area contributed by atoms with Gasteiger partial charge in [-0.2, -0.15) is 0 Å². The molecule has 1 amide bonds. The van der Waals surface area contributed by atoms with E-state index in [1.807, 2.05) is 6.92 Å². The molecule has 0 spiro atoms. The Kier molecular flexibility index (Phi) is 4.69. The number of hydrogen-bond donors (Lipinski definition) is 1. The van der Waals surface area contributed by atoms with Crippen molar-refractivity contribution < 1.29 is 4.79 Å². The van der Waals surface area contributed by atoms with Gasteiger partial charge in [-0.1, -0.05) is 12.1 Å². The highest BCUT2D eigenvalue weighted by atomic mass is 32.2. The second kappa shape index (κ2) is 5.81. The van der Waals surface area contributed by atoms with Crippen LogP contribution in [0.2, 0.25) is 0 Å². The predicted octanol–water partition coefficient (Wildman–Crippen LogP) is 2.48. The lowest BCUT2D eigenvalue weighted by Gasteiger charge is -2.12. The van der Waals surface area contributed by atoms with Crippen LogP contribution in [0.25, 0.3) is 0 Å². The highest BCUT2D eigenvalue weighted by Gasteiger charge is 2.04. The molecule has 0 fully saturated rings. The number of rotatable bonds is 4. The minimum Gasteiger partial charge on any atom is -0.354 e. The Bertz CT molecular complexity index is 321. The SMILES string of the molecule is CSc1ccc(CC(C)NC(C)=O)cc1. The monoisotopic (exact) mass is 223 g/mol. The summed E-state index contributed by atoms with van der Waals surface area (Å²) < 4.78 is 0. The average Bonchev–Trinajstić information content (AvgIpc) is 2.17. The van der Waals surface area contributed by atoms with Gasteiger partial charge >= 0.3 is 0 Å². The molecule has 0 aromatic heterocycles. The number of nitrogens with one attached hydrogen (secondary N) is 1. The van der Waals surface area contributed by atoms with Gasteiger partial charge in [0.2, 0.25) is 5.91 Å². The zero-order chi connectivity index (χ0) is 11.3. The summed E-state index contributed by atoms with van der Waals surface area (Å²) in [5.74, 6) is 0.0308. The smallest absolute Gasteiger partial charge is 0.217 e. The molecular weight excluding hydrogens is 206 g/mol. The van der Waals surface area contributed by atoms with E-state index < -0.39 is 0 Å². The van der Waals surface area contributed by atoms with E-state index in [4.69, 9.17) is 0 Å². The molecular formula is C12H17NOS. The van der Waals surface area contributed by atoms with Crippen molar-refractivity contribution in [2.24, 2.45) is 0 Å². The first-order valence-corrected chi connectivity index (χ1v) is 6.24. The minimum atomic E-state index is 0.0308. The third kappa shape index (κ3) is 4.38. The fourth-order valence-corrected chi connectivity index (χ4v) is 1.92. The molecule has 0 aliphatic rings. The first-order valence-electron chi connectivity index (χ1n) is 5.02. The lowest BCUT2D eigenvalue weighted by Crippen LogP contribution is -2.31. The number of benzene rings is 1. The summed E-state index contributed by atoms with van der Waals surface area (Å²) in [5.41, 5.74) is 1.26. The van der Waals surface area contributed by atoms with Crippen molar-refractivity contribution in [3.05, 3.63) is 29.8 Å². The highest BCUT2D eigenvalue weighted by molar-refractivity contribution is 7.98. The maximum Gasteiger partial charge on any atom is 0.217 e. The van der Waals surface area contributed by atoms with Crippen molar-refractivity contribution in [2.45, 2.75) is 31.2 Å². The lowest BCUT2D eigenvalue weighted by molar-refractivity contribution is -0.119. The summed E-state index contributed by atoms with van der Waals surface area (Å²) in [7, 11) is 0. The highest BCUT2D eigenvalue weighted by Crippen LogP contribution is 2.15. The van der Waals surface area contributed by atoms with Gasteiger partial charge in [0.15, 0.2) is 0 Å². The molecule has 0 saturated carbocycles. The number of thioether (sulfide) groups is 1. The van der Waals surface area contributed by atoms with Crippen molar-refractivity contribution in [1.82, 2.24) is 5.32 Å². The van der Waals surface area contributed by atoms with Crippen LogP contribution < -0.4 is 5.32 Å². The van der Waals surface area contributed by atoms with Crippen molar-refractivity contribution in [3.63, 3.8) is 0 Å². The van der Waals surface area contributed by atoms with E-state index in [0.29, 0.717) is 0 Å². The Morgan fingerprint density at radius 2 is 2.00 bits per heavy atom. The van der Waals surface area contributed by atoms with E-state index in [9.17, 15) is 4.79 Å². The van der Waals surface area contributed by atoms with E-state index in [2.05, 4.69) is 35.8 Å². The van der Waals surface area contributed by atoms with Crippen LogP contribution >= 0.6 is 11.8 Å².